The topological polar surface area (TPSA) is 87.7 Å². The van der Waals surface area contributed by atoms with Crippen LogP contribution >= 0.6 is 0 Å². The van der Waals surface area contributed by atoms with Crippen LogP contribution < -0.4 is 5.32 Å². The van der Waals surface area contributed by atoms with Crippen molar-refractivity contribution in [1.29, 1.82) is 0 Å². The number of amides is 1. The van der Waals surface area contributed by atoms with Crippen molar-refractivity contribution < 1.29 is 9.00 Å². The van der Waals surface area contributed by atoms with Gasteiger partial charge in [0.1, 0.15) is 6.33 Å². The molecule has 7 heteroatoms. The van der Waals surface area contributed by atoms with Gasteiger partial charge >= 0.3 is 0 Å². The molecule has 1 aromatic rings. The van der Waals surface area contributed by atoms with E-state index in [1.54, 1.807) is 6.26 Å². The molecule has 0 aliphatic heterocycles. The third-order valence-electron chi connectivity index (χ3n) is 1.85. The number of aromatic amines is 1. The van der Waals surface area contributed by atoms with Gasteiger partial charge in [-0.15, -0.1) is 0 Å². The molecule has 0 fully saturated rings. The number of H-pyrrole nitrogens is 1. The Morgan fingerprint density at radius 3 is 3.00 bits per heavy atom. The summed E-state index contributed by atoms with van der Waals surface area (Å²) in [6, 6.07) is -0.0218. The Bertz CT molecular complexity index is 338. The van der Waals surface area contributed by atoms with E-state index < -0.39 is 10.8 Å². The highest BCUT2D eigenvalue weighted by molar-refractivity contribution is 7.84. The van der Waals surface area contributed by atoms with Crippen LogP contribution in [0, 0.1) is 0 Å². The number of nitrogens with one attached hydrogen (secondary N) is 2. The van der Waals surface area contributed by atoms with Crippen molar-refractivity contribution in [2.24, 2.45) is 0 Å². The van der Waals surface area contributed by atoms with Gasteiger partial charge < -0.3 is 5.32 Å². The normalized spacial score (nSPS) is 14.5. The van der Waals surface area contributed by atoms with Crippen LogP contribution in [0.3, 0.4) is 0 Å². The molecule has 0 saturated heterocycles. The largest absolute Gasteiger partial charge is 0.347 e. The van der Waals surface area contributed by atoms with E-state index in [0.29, 0.717) is 12.2 Å². The van der Waals surface area contributed by atoms with Crippen molar-refractivity contribution >= 4 is 16.7 Å². The van der Waals surface area contributed by atoms with Crippen molar-refractivity contribution in [2.45, 2.75) is 19.4 Å². The SMILES string of the molecule is CC(CCS(C)=O)NC(=O)c1ncn[nH]1. The monoisotopic (exact) mass is 230 g/mol. The van der Waals surface area contributed by atoms with E-state index in [1.165, 1.54) is 6.33 Å². The van der Waals surface area contributed by atoms with Crippen molar-refractivity contribution in [3.8, 4) is 0 Å². The van der Waals surface area contributed by atoms with Crippen LogP contribution in [0.5, 0.6) is 0 Å². The van der Waals surface area contributed by atoms with Gasteiger partial charge in [0.15, 0.2) is 0 Å². The van der Waals surface area contributed by atoms with Gasteiger partial charge in [-0.1, -0.05) is 0 Å². The summed E-state index contributed by atoms with van der Waals surface area (Å²) in [4.78, 5) is 15.2. The molecule has 15 heavy (non-hydrogen) atoms. The van der Waals surface area contributed by atoms with Crippen LogP contribution in [0.4, 0.5) is 0 Å². The Morgan fingerprint density at radius 2 is 2.47 bits per heavy atom. The molecule has 1 rings (SSSR count). The number of rotatable bonds is 5. The Hall–Kier alpha value is -1.24. The van der Waals surface area contributed by atoms with Crippen LogP contribution in [-0.4, -0.2) is 43.3 Å². The maximum Gasteiger partial charge on any atom is 0.288 e. The van der Waals surface area contributed by atoms with Gasteiger partial charge in [0.05, 0.1) is 0 Å². The number of nitrogens with zero attached hydrogens (tertiary/aromatic N) is 2. The van der Waals surface area contributed by atoms with Gasteiger partial charge in [-0.3, -0.25) is 14.1 Å². The molecule has 0 radical (unpaired) electrons. The summed E-state index contributed by atoms with van der Waals surface area (Å²) < 4.78 is 10.8. The predicted octanol–water partition coefficient (Wildman–Crippen LogP) is -0.308. The zero-order valence-corrected chi connectivity index (χ0v) is 9.50. The van der Waals surface area contributed by atoms with Crippen molar-refractivity contribution in [3.63, 3.8) is 0 Å². The first-order chi connectivity index (χ1) is 7.09. The summed E-state index contributed by atoms with van der Waals surface area (Å²) in [5, 5.41) is 8.78. The van der Waals surface area contributed by atoms with E-state index in [1.807, 2.05) is 6.92 Å². The molecule has 0 spiro atoms. The lowest BCUT2D eigenvalue weighted by Gasteiger charge is -2.11. The summed E-state index contributed by atoms with van der Waals surface area (Å²) in [7, 11) is -0.825. The lowest BCUT2D eigenvalue weighted by atomic mass is 10.2. The molecular formula is C8H14N4O2S. The minimum absolute atomic E-state index is 0.0218. The number of carbonyl (C=O) groups excluding carboxylic acids is 1. The summed E-state index contributed by atoms with van der Waals surface area (Å²) in [5.41, 5.74) is 0. The fourth-order valence-electron chi connectivity index (χ4n) is 1.02. The van der Waals surface area contributed by atoms with Gasteiger partial charge in [-0.2, -0.15) is 5.10 Å². The average Bonchev–Trinajstić information content (AvgIpc) is 2.67. The molecular weight excluding hydrogens is 216 g/mol. The van der Waals surface area contributed by atoms with Crippen LogP contribution in [-0.2, 0) is 10.8 Å². The summed E-state index contributed by atoms with van der Waals surface area (Å²) in [6.07, 6.45) is 3.61. The van der Waals surface area contributed by atoms with E-state index >= 15 is 0 Å². The second kappa shape index (κ2) is 5.59. The highest BCUT2D eigenvalue weighted by atomic mass is 32.2. The lowest BCUT2D eigenvalue weighted by Crippen LogP contribution is -2.34. The van der Waals surface area contributed by atoms with Gasteiger partial charge in [0.2, 0.25) is 5.82 Å². The van der Waals surface area contributed by atoms with Crippen molar-refractivity contribution in [2.75, 3.05) is 12.0 Å². The molecule has 2 N–H and O–H groups in total. The molecule has 1 aromatic heterocycles. The summed E-state index contributed by atoms with van der Waals surface area (Å²) in [6.45, 7) is 1.86. The van der Waals surface area contributed by atoms with Gasteiger partial charge in [-0.05, 0) is 13.3 Å². The molecule has 0 bridgehead atoms. The van der Waals surface area contributed by atoms with E-state index in [4.69, 9.17) is 0 Å². The van der Waals surface area contributed by atoms with Crippen LogP contribution in [0.25, 0.3) is 0 Å². The predicted molar refractivity (Wildman–Crippen MR) is 56.9 cm³/mol. The molecule has 1 amide bonds. The molecule has 2 unspecified atom stereocenters. The number of carbonyl (C=O) groups is 1. The van der Waals surface area contributed by atoms with Gasteiger partial charge in [-0.25, -0.2) is 4.98 Å². The van der Waals surface area contributed by atoms with Crippen LogP contribution in [0.15, 0.2) is 6.33 Å². The molecule has 0 aliphatic carbocycles. The maximum atomic E-state index is 11.4. The van der Waals surface area contributed by atoms with E-state index in [0.717, 1.165) is 0 Å². The average molecular weight is 230 g/mol. The number of aromatic nitrogens is 3. The van der Waals surface area contributed by atoms with Gasteiger partial charge in [0, 0.05) is 28.9 Å². The molecule has 84 valence electrons. The second-order valence-corrected chi connectivity index (χ2v) is 4.83. The Kier molecular flexibility index (Phi) is 4.41. The Morgan fingerprint density at radius 1 is 1.73 bits per heavy atom. The zero-order valence-electron chi connectivity index (χ0n) is 8.69. The Balaban J connectivity index is 2.35. The Labute approximate surface area is 90.3 Å². The third-order valence-corrected chi connectivity index (χ3v) is 2.66. The first-order valence-corrected chi connectivity index (χ1v) is 6.28. The fourth-order valence-corrected chi connectivity index (χ4v) is 1.71. The summed E-state index contributed by atoms with van der Waals surface area (Å²) >= 11 is 0. The van der Waals surface area contributed by atoms with Crippen LogP contribution in [0.1, 0.15) is 24.0 Å². The highest BCUT2D eigenvalue weighted by Gasteiger charge is 2.11. The minimum Gasteiger partial charge on any atom is -0.347 e. The van der Waals surface area contributed by atoms with Crippen molar-refractivity contribution in [3.05, 3.63) is 12.2 Å². The minimum atomic E-state index is -0.825. The maximum absolute atomic E-state index is 11.4. The molecule has 2 atom stereocenters. The zero-order chi connectivity index (χ0) is 11.3. The quantitative estimate of drug-likeness (QED) is 0.726. The first kappa shape index (κ1) is 11.8. The highest BCUT2D eigenvalue weighted by Crippen LogP contribution is 1.94. The number of hydrogen-bond acceptors (Lipinski definition) is 4. The molecule has 0 saturated carbocycles. The standard InChI is InChI=1S/C8H14N4O2S/c1-6(3-4-15(2)14)11-8(13)7-9-5-10-12-7/h5-6H,3-4H2,1-2H3,(H,11,13)(H,9,10,12). The van der Waals surface area contributed by atoms with Gasteiger partial charge in [0.25, 0.3) is 5.91 Å². The molecule has 6 nitrogen and oxygen atoms in total. The number of hydrogen-bond donors (Lipinski definition) is 2. The fraction of sp³-hybridized carbons (Fsp3) is 0.625. The molecule has 0 aliphatic rings. The molecule has 1 heterocycles. The second-order valence-electron chi connectivity index (χ2n) is 3.27. The first-order valence-electron chi connectivity index (χ1n) is 4.56. The summed E-state index contributed by atoms with van der Waals surface area (Å²) in [5.74, 6) is 0.485. The lowest BCUT2D eigenvalue weighted by molar-refractivity contribution is 0.0929. The van der Waals surface area contributed by atoms with E-state index in [9.17, 15) is 9.00 Å². The smallest absolute Gasteiger partial charge is 0.288 e. The molecule has 0 aromatic carbocycles. The van der Waals surface area contributed by atoms with E-state index in [-0.39, 0.29) is 17.8 Å². The van der Waals surface area contributed by atoms with Crippen molar-refractivity contribution in [1.82, 2.24) is 20.5 Å². The van der Waals surface area contributed by atoms with Crippen LogP contribution in [0.2, 0.25) is 0 Å². The van der Waals surface area contributed by atoms with E-state index in [2.05, 4.69) is 20.5 Å². The third kappa shape index (κ3) is 4.20.